The highest BCUT2D eigenvalue weighted by atomic mass is 16.5. The molecule has 0 aliphatic carbocycles. The molecule has 0 fully saturated rings. The first-order valence-corrected chi connectivity index (χ1v) is 7.16. The molecule has 2 aromatic carbocycles. The molecular formula is C17H19N3O2. The van der Waals surface area contributed by atoms with Crippen LogP contribution in [0.2, 0.25) is 0 Å². The lowest BCUT2D eigenvalue weighted by Crippen LogP contribution is -2.11. The molecule has 0 atom stereocenters. The Balaban J connectivity index is 2.26. The highest BCUT2D eigenvalue weighted by molar-refractivity contribution is 5.84. The van der Waals surface area contributed by atoms with Crippen LogP contribution in [-0.4, -0.2) is 30.3 Å². The van der Waals surface area contributed by atoms with E-state index >= 15 is 0 Å². The third kappa shape index (κ3) is 2.40. The third-order valence-corrected chi connectivity index (χ3v) is 3.64. The van der Waals surface area contributed by atoms with Crippen LogP contribution in [0.15, 0.2) is 42.5 Å². The Hall–Kier alpha value is -2.53. The fourth-order valence-electron chi connectivity index (χ4n) is 2.61. The number of methoxy groups -OCH3 is 2. The molecule has 5 nitrogen and oxygen atoms in total. The molecule has 0 spiro atoms. The minimum atomic E-state index is 0.541. The second kappa shape index (κ2) is 6.07. The van der Waals surface area contributed by atoms with Crippen LogP contribution < -0.4 is 15.2 Å². The van der Waals surface area contributed by atoms with Gasteiger partial charge in [-0.25, -0.2) is 4.98 Å². The van der Waals surface area contributed by atoms with Crippen LogP contribution >= 0.6 is 0 Å². The number of benzene rings is 2. The van der Waals surface area contributed by atoms with Crippen LogP contribution in [0, 0.1) is 0 Å². The average molecular weight is 297 g/mol. The summed E-state index contributed by atoms with van der Waals surface area (Å²) >= 11 is 0. The van der Waals surface area contributed by atoms with Gasteiger partial charge >= 0.3 is 0 Å². The molecular weight excluding hydrogens is 278 g/mol. The Bertz CT molecular complexity index is 781. The first-order chi connectivity index (χ1) is 10.8. The van der Waals surface area contributed by atoms with Gasteiger partial charge in [-0.1, -0.05) is 30.3 Å². The van der Waals surface area contributed by atoms with Gasteiger partial charge in [0.15, 0.2) is 11.5 Å². The van der Waals surface area contributed by atoms with Gasteiger partial charge in [-0.2, -0.15) is 0 Å². The van der Waals surface area contributed by atoms with Crippen molar-refractivity contribution in [2.75, 3.05) is 20.8 Å². The van der Waals surface area contributed by atoms with Gasteiger partial charge in [0, 0.05) is 30.8 Å². The molecule has 0 bridgehead atoms. The molecule has 0 saturated carbocycles. The van der Waals surface area contributed by atoms with E-state index in [9.17, 15) is 0 Å². The highest BCUT2D eigenvalue weighted by Crippen LogP contribution is 2.34. The molecule has 0 amide bonds. The van der Waals surface area contributed by atoms with E-state index in [1.807, 2.05) is 42.5 Å². The van der Waals surface area contributed by atoms with Crippen LogP contribution in [0.25, 0.3) is 22.4 Å². The van der Waals surface area contributed by atoms with E-state index in [-0.39, 0.29) is 0 Å². The van der Waals surface area contributed by atoms with Crippen molar-refractivity contribution in [1.29, 1.82) is 0 Å². The lowest BCUT2D eigenvalue weighted by atomic mass is 10.2. The minimum Gasteiger partial charge on any atom is -0.493 e. The molecule has 1 heterocycles. The van der Waals surface area contributed by atoms with Crippen molar-refractivity contribution in [3.63, 3.8) is 0 Å². The van der Waals surface area contributed by atoms with Crippen LogP contribution in [0.3, 0.4) is 0 Å². The number of nitrogens with zero attached hydrogens (tertiary/aromatic N) is 2. The van der Waals surface area contributed by atoms with Crippen molar-refractivity contribution < 1.29 is 9.47 Å². The van der Waals surface area contributed by atoms with Gasteiger partial charge in [0.2, 0.25) is 0 Å². The Labute approximate surface area is 129 Å². The molecule has 0 aliphatic heterocycles. The maximum atomic E-state index is 5.78. The van der Waals surface area contributed by atoms with Crippen LogP contribution in [-0.2, 0) is 6.54 Å². The number of rotatable bonds is 5. The average Bonchev–Trinajstić information content (AvgIpc) is 2.92. The predicted octanol–water partition coefficient (Wildman–Crippen LogP) is 2.68. The summed E-state index contributed by atoms with van der Waals surface area (Å²) in [7, 11) is 3.25. The zero-order valence-electron chi connectivity index (χ0n) is 12.7. The van der Waals surface area contributed by atoms with E-state index in [1.54, 1.807) is 14.2 Å². The molecule has 0 saturated heterocycles. The lowest BCUT2D eigenvalue weighted by molar-refractivity contribution is 0.355. The summed E-state index contributed by atoms with van der Waals surface area (Å²) < 4.78 is 12.9. The molecule has 3 aromatic rings. The van der Waals surface area contributed by atoms with Gasteiger partial charge < -0.3 is 19.8 Å². The summed E-state index contributed by atoms with van der Waals surface area (Å²) in [6.45, 7) is 1.23. The number of hydrogen-bond acceptors (Lipinski definition) is 4. The Morgan fingerprint density at radius 1 is 1.05 bits per heavy atom. The van der Waals surface area contributed by atoms with Crippen LogP contribution in [0.1, 0.15) is 0 Å². The van der Waals surface area contributed by atoms with Crippen LogP contribution in [0.5, 0.6) is 11.5 Å². The van der Waals surface area contributed by atoms with Gasteiger partial charge in [-0.15, -0.1) is 0 Å². The van der Waals surface area contributed by atoms with Gasteiger partial charge in [0.05, 0.1) is 25.3 Å². The number of hydrogen-bond donors (Lipinski definition) is 1. The smallest absolute Gasteiger partial charge is 0.163 e. The molecule has 5 heteroatoms. The molecule has 0 radical (unpaired) electrons. The van der Waals surface area contributed by atoms with Crippen molar-refractivity contribution in [2.24, 2.45) is 5.73 Å². The predicted molar refractivity (Wildman–Crippen MR) is 87.3 cm³/mol. The zero-order chi connectivity index (χ0) is 15.5. The maximum absolute atomic E-state index is 5.78. The summed E-state index contributed by atoms with van der Waals surface area (Å²) in [5.41, 5.74) is 8.69. The van der Waals surface area contributed by atoms with Gasteiger partial charge in [0.1, 0.15) is 5.82 Å². The molecule has 22 heavy (non-hydrogen) atoms. The molecule has 114 valence electrons. The number of ether oxygens (including phenoxy) is 2. The summed E-state index contributed by atoms with van der Waals surface area (Å²) in [6.07, 6.45) is 0. The van der Waals surface area contributed by atoms with Crippen molar-refractivity contribution in [3.05, 3.63) is 42.5 Å². The normalized spacial score (nSPS) is 10.9. The van der Waals surface area contributed by atoms with E-state index in [2.05, 4.69) is 4.57 Å². The first kappa shape index (κ1) is 14.4. The standard InChI is InChI=1S/C17H19N3O2/c1-21-15-10-13-14(11-16(15)22-2)20(9-8-18)17(19-13)12-6-4-3-5-7-12/h3-7,10-11H,8-9,18H2,1-2H3. The topological polar surface area (TPSA) is 62.3 Å². The van der Waals surface area contributed by atoms with Crippen LogP contribution in [0.4, 0.5) is 0 Å². The number of fused-ring (bicyclic) bond motifs is 1. The van der Waals surface area contributed by atoms with Gasteiger partial charge in [-0.3, -0.25) is 0 Å². The summed E-state index contributed by atoms with van der Waals surface area (Å²) in [5.74, 6) is 2.26. The Morgan fingerprint density at radius 2 is 1.73 bits per heavy atom. The molecule has 3 rings (SSSR count). The monoisotopic (exact) mass is 297 g/mol. The van der Waals surface area contributed by atoms with Crippen molar-refractivity contribution in [2.45, 2.75) is 6.54 Å². The fraction of sp³-hybridized carbons (Fsp3) is 0.235. The molecule has 1 aromatic heterocycles. The van der Waals surface area contributed by atoms with Crippen molar-refractivity contribution >= 4 is 11.0 Å². The highest BCUT2D eigenvalue weighted by Gasteiger charge is 2.15. The second-order valence-corrected chi connectivity index (χ2v) is 4.94. The van der Waals surface area contributed by atoms with Crippen molar-refractivity contribution in [1.82, 2.24) is 9.55 Å². The Kier molecular flexibility index (Phi) is 3.98. The fourth-order valence-corrected chi connectivity index (χ4v) is 2.61. The van der Waals surface area contributed by atoms with Gasteiger partial charge in [-0.05, 0) is 0 Å². The van der Waals surface area contributed by atoms with E-state index < -0.39 is 0 Å². The Morgan fingerprint density at radius 3 is 2.36 bits per heavy atom. The quantitative estimate of drug-likeness (QED) is 0.786. The third-order valence-electron chi connectivity index (χ3n) is 3.64. The SMILES string of the molecule is COc1cc2nc(-c3ccccc3)n(CCN)c2cc1OC. The van der Waals surface area contributed by atoms with E-state index in [4.69, 9.17) is 20.2 Å². The second-order valence-electron chi connectivity index (χ2n) is 4.94. The maximum Gasteiger partial charge on any atom is 0.163 e. The van der Waals surface area contributed by atoms with E-state index in [1.165, 1.54) is 0 Å². The number of imidazole rings is 1. The largest absolute Gasteiger partial charge is 0.493 e. The van der Waals surface area contributed by atoms with Gasteiger partial charge in [0.25, 0.3) is 0 Å². The summed E-state index contributed by atoms with van der Waals surface area (Å²) in [6, 6.07) is 13.9. The van der Waals surface area contributed by atoms with E-state index in [0.717, 1.165) is 22.4 Å². The van der Waals surface area contributed by atoms with Crippen molar-refractivity contribution in [3.8, 4) is 22.9 Å². The number of aromatic nitrogens is 2. The minimum absolute atomic E-state index is 0.541. The first-order valence-electron chi connectivity index (χ1n) is 7.16. The zero-order valence-corrected chi connectivity index (χ0v) is 12.7. The summed E-state index contributed by atoms with van der Waals surface area (Å²) in [4.78, 5) is 4.76. The molecule has 2 N–H and O–H groups in total. The lowest BCUT2D eigenvalue weighted by Gasteiger charge is -2.10. The number of nitrogens with two attached hydrogens (primary N) is 1. The summed E-state index contributed by atoms with van der Waals surface area (Å²) in [5, 5.41) is 0. The van der Waals surface area contributed by atoms with E-state index in [0.29, 0.717) is 24.6 Å². The molecule has 0 aliphatic rings. The molecule has 0 unspecified atom stereocenters.